The molecule has 2 saturated carbocycles. The summed E-state index contributed by atoms with van der Waals surface area (Å²) in [4.78, 5) is 16.4. The highest BCUT2D eigenvalue weighted by Gasteiger charge is 2.61. The monoisotopic (exact) mass is 334 g/mol. The largest absolute Gasteiger partial charge is 0.481 e. The van der Waals surface area contributed by atoms with E-state index in [9.17, 15) is 9.90 Å². The molecule has 0 amide bonds. The summed E-state index contributed by atoms with van der Waals surface area (Å²) in [6, 6.07) is 0.806. The van der Waals surface area contributed by atoms with E-state index in [2.05, 4.69) is 23.6 Å². The van der Waals surface area contributed by atoms with Gasteiger partial charge in [0.25, 0.3) is 0 Å². The molecular weight excluding hydrogens is 300 g/mol. The molecule has 0 aromatic rings. The van der Waals surface area contributed by atoms with Crippen molar-refractivity contribution in [3.8, 4) is 0 Å². The first-order chi connectivity index (χ1) is 11.4. The Morgan fingerprint density at radius 1 is 1.12 bits per heavy atom. The highest BCUT2D eigenvalue weighted by Crippen LogP contribution is 2.65. The minimum Gasteiger partial charge on any atom is -0.481 e. The topological polar surface area (TPSA) is 43.8 Å². The van der Waals surface area contributed by atoms with E-state index < -0.39 is 5.97 Å². The van der Waals surface area contributed by atoms with E-state index in [-0.39, 0.29) is 5.92 Å². The number of piperidine rings is 3. The summed E-state index contributed by atoms with van der Waals surface area (Å²) in [5.41, 5.74) is 1.24. The van der Waals surface area contributed by atoms with Crippen LogP contribution in [-0.2, 0) is 4.79 Å². The normalized spacial score (nSPS) is 45.7. The Hall–Kier alpha value is -0.610. The molecule has 4 heteroatoms. The first-order valence-electron chi connectivity index (χ1n) is 10.1. The third-order valence-electron chi connectivity index (χ3n) is 8.06. The van der Waals surface area contributed by atoms with Crippen molar-refractivity contribution in [1.82, 2.24) is 9.80 Å². The van der Waals surface area contributed by atoms with Gasteiger partial charge in [0.2, 0.25) is 0 Å². The maximum absolute atomic E-state index is 11.2. The van der Waals surface area contributed by atoms with Crippen molar-refractivity contribution in [2.75, 3.05) is 32.7 Å². The van der Waals surface area contributed by atoms with Crippen molar-refractivity contribution >= 4 is 5.97 Å². The van der Waals surface area contributed by atoms with Crippen LogP contribution in [0.5, 0.6) is 0 Å². The molecule has 3 heterocycles. The zero-order valence-electron chi connectivity index (χ0n) is 15.5. The number of aliphatic carboxylic acids is 1. The molecule has 4 nitrogen and oxygen atoms in total. The van der Waals surface area contributed by atoms with Crippen LogP contribution >= 0.6 is 0 Å². The van der Waals surface area contributed by atoms with Crippen LogP contribution in [0, 0.1) is 22.7 Å². The van der Waals surface area contributed by atoms with E-state index in [4.69, 9.17) is 0 Å². The number of carboxylic acids is 1. The minimum absolute atomic E-state index is 0.139. The number of nitrogens with zero attached hydrogens (tertiary/aromatic N) is 2. The minimum atomic E-state index is -0.606. The van der Waals surface area contributed by atoms with E-state index in [0.717, 1.165) is 44.4 Å². The van der Waals surface area contributed by atoms with Gasteiger partial charge in [-0.1, -0.05) is 13.8 Å². The summed E-state index contributed by atoms with van der Waals surface area (Å²) in [6.07, 6.45) is 8.83. The van der Waals surface area contributed by atoms with Crippen LogP contribution in [0.4, 0.5) is 0 Å². The molecule has 5 rings (SSSR count). The summed E-state index contributed by atoms with van der Waals surface area (Å²) >= 11 is 0. The molecular formula is C20H34N2O2. The average Bonchev–Trinajstić information content (AvgIpc) is 2.72. The van der Waals surface area contributed by atoms with Crippen molar-refractivity contribution in [1.29, 1.82) is 0 Å². The second-order valence-electron chi connectivity index (χ2n) is 9.75. The summed E-state index contributed by atoms with van der Waals surface area (Å²) in [6.45, 7) is 10.5. The second kappa shape index (κ2) is 5.98. The zero-order valence-corrected chi connectivity index (χ0v) is 15.5. The van der Waals surface area contributed by atoms with Gasteiger partial charge in [-0.05, 0) is 81.3 Å². The molecule has 24 heavy (non-hydrogen) atoms. The molecule has 0 spiro atoms. The maximum Gasteiger partial charge on any atom is 0.307 e. The standard InChI is InChI=1S/C20H34N2O2/c1-19-6-7-20(2)12-16(11-19)22(14-17(19)20)10-4-9-21-8-3-5-15(13-21)18(23)24/h15-17H,3-14H2,1-2H3,(H,23,24). The van der Waals surface area contributed by atoms with E-state index in [1.54, 1.807) is 0 Å². The summed E-state index contributed by atoms with van der Waals surface area (Å²) in [5.74, 6) is 0.159. The Balaban J connectivity index is 1.27. The van der Waals surface area contributed by atoms with Crippen molar-refractivity contribution in [3.63, 3.8) is 0 Å². The van der Waals surface area contributed by atoms with E-state index >= 15 is 0 Å². The molecule has 0 aromatic heterocycles. The van der Waals surface area contributed by atoms with Crippen LogP contribution in [-0.4, -0.2) is 59.6 Å². The van der Waals surface area contributed by atoms with Crippen LogP contribution < -0.4 is 0 Å². The van der Waals surface area contributed by atoms with Gasteiger partial charge in [-0.2, -0.15) is 0 Å². The van der Waals surface area contributed by atoms with Gasteiger partial charge in [0, 0.05) is 19.1 Å². The number of fused-ring (bicyclic) bond motifs is 1. The van der Waals surface area contributed by atoms with Crippen molar-refractivity contribution in [2.24, 2.45) is 22.7 Å². The number of hydrogen-bond donors (Lipinski definition) is 1. The average molecular weight is 335 g/mol. The van der Waals surface area contributed by atoms with Gasteiger partial charge in [0.15, 0.2) is 0 Å². The third kappa shape index (κ3) is 2.80. The van der Waals surface area contributed by atoms with Gasteiger partial charge in [-0.25, -0.2) is 0 Å². The molecule has 3 saturated heterocycles. The molecule has 3 aliphatic heterocycles. The molecule has 4 bridgehead atoms. The number of rotatable bonds is 5. The van der Waals surface area contributed by atoms with Gasteiger partial charge < -0.3 is 10.0 Å². The van der Waals surface area contributed by atoms with Gasteiger partial charge in [-0.3, -0.25) is 9.69 Å². The van der Waals surface area contributed by atoms with Crippen LogP contribution in [0.15, 0.2) is 0 Å². The molecule has 0 aromatic carbocycles. The number of hydrogen-bond acceptors (Lipinski definition) is 3. The van der Waals surface area contributed by atoms with Crippen molar-refractivity contribution in [2.45, 2.75) is 64.8 Å². The van der Waals surface area contributed by atoms with E-state index in [0.29, 0.717) is 10.8 Å². The summed E-state index contributed by atoms with van der Waals surface area (Å²) in [5, 5.41) is 9.23. The lowest BCUT2D eigenvalue weighted by atomic mass is 9.57. The van der Waals surface area contributed by atoms with Crippen LogP contribution in [0.3, 0.4) is 0 Å². The number of carbonyl (C=O) groups is 1. The van der Waals surface area contributed by atoms with Crippen LogP contribution in [0.2, 0.25) is 0 Å². The fourth-order valence-electron chi connectivity index (χ4n) is 6.71. The number of carboxylic acid groups (broad SMARTS) is 1. The molecule has 136 valence electrons. The Morgan fingerprint density at radius 3 is 2.46 bits per heavy atom. The predicted molar refractivity (Wildman–Crippen MR) is 94.9 cm³/mol. The molecule has 3 atom stereocenters. The smallest absolute Gasteiger partial charge is 0.307 e. The van der Waals surface area contributed by atoms with E-state index in [1.165, 1.54) is 45.2 Å². The van der Waals surface area contributed by atoms with Gasteiger partial charge in [-0.15, -0.1) is 0 Å². The fourth-order valence-corrected chi connectivity index (χ4v) is 6.71. The quantitative estimate of drug-likeness (QED) is 0.839. The van der Waals surface area contributed by atoms with Gasteiger partial charge >= 0.3 is 5.97 Å². The lowest BCUT2D eigenvalue weighted by Crippen LogP contribution is -2.59. The predicted octanol–water partition coefficient (Wildman–Crippen LogP) is 3.07. The fraction of sp³-hybridized carbons (Fsp3) is 0.950. The van der Waals surface area contributed by atoms with Crippen molar-refractivity contribution in [3.05, 3.63) is 0 Å². The number of likely N-dealkylation sites (tertiary alicyclic amines) is 1. The zero-order chi connectivity index (χ0) is 16.9. The Labute approximate surface area is 146 Å². The van der Waals surface area contributed by atoms with Crippen LogP contribution in [0.25, 0.3) is 0 Å². The Kier molecular flexibility index (Phi) is 4.20. The van der Waals surface area contributed by atoms with E-state index in [1.807, 2.05) is 0 Å². The first kappa shape index (κ1) is 16.8. The molecule has 2 aliphatic carbocycles. The van der Waals surface area contributed by atoms with Gasteiger partial charge in [0.05, 0.1) is 5.92 Å². The third-order valence-corrected chi connectivity index (χ3v) is 8.06. The lowest BCUT2D eigenvalue weighted by Gasteiger charge is -2.58. The van der Waals surface area contributed by atoms with Gasteiger partial charge in [0.1, 0.15) is 0 Å². The summed E-state index contributed by atoms with van der Waals surface area (Å²) in [7, 11) is 0. The Bertz CT molecular complexity index is 490. The lowest BCUT2D eigenvalue weighted by molar-refractivity contribution is -0.143. The van der Waals surface area contributed by atoms with Crippen molar-refractivity contribution < 1.29 is 9.90 Å². The van der Waals surface area contributed by atoms with Crippen LogP contribution in [0.1, 0.15) is 58.8 Å². The molecule has 3 unspecified atom stereocenters. The molecule has 1 N–H and O–H groups in total. The molecule has 5 aliphatic rings. The Morgan fingerprint density at radius 2 is 1.83 bits per heavy atom. The SMILES string of the molecule is CC12CCC3(C)CC(C1)N(CCCN1CCCC(C(=O)O)C1)CC23. The molecule has 0 radical (unpaired) electrons. The molecule has 5 fully saturated rings. The maximum atomic E-state index is 11.2. The second-order valence-corrected chi connectivity index (χ2v) is 9.75. The first-order valence-corrected chi connectivity index (χ1v) is 10.1. The highest BCUT2D eigenvalue weighted by atomic mass is 16.4. The highest BCUT2D eigenvalue weighted by molar-refractivity contribution is 5.70. The summed E-state index contributed by atoms with van der Waals surface area (Å²) < 4.78 is 0.